The molecule has 0 amide bonds. The third-order valence-electron chi connectivity index (χ3n) is 2.93. The van der Waals surface area contributed by atoms with Gasteiger partial charge in [-0.1, -0.05) is 34.1 Å². The van der Waals surface area contributed by atoms with Gasteiger partial charge in [0.15, 0.2) is 0 Å². The number of rotatable bonds is 5. The van der Waals surface area contributed by atoms with Gasteiger partial charge in [0.05, 0.1) is 7.11 Å². The molecule has 0 aliphatic heterocycles. The predicted molar refractivity (Wildman–Crippen MR) is 82.0 cm³/mol. The van der Waals surface area contributed by atoms with E-state index in [1.165, 1.54) is 11.1 Å². The highest BCUT2D eigenvalue weighted by Gasteiger charge is 2.08. The zero-order chi connectivity index (χ0) is 13.7. The molecule has 0 bridgehead atoms. The fourth-order valence-electron chi connectivity index (χ4n) is 2.00. The smallest absolute Gasteiger partial charge is 0.132 e. The molecule has 2 rings (SSSR count). The van der Waals surface area contributed by atoms with Crippen molar-refractivity contribution in [1.29, 1.82) is 0 Å². The van der Waals surface area contributed by atoms with E-state index in [9.17, 15) is 0 Å². The Bertz CT molecular complexity index is 545. The molecule has 0 aliphatic carbocycles. The number of hydrogen-bond acceptors (Lipinski definition) is 3. The van der Waals surface area contributed by atoms with E-state index in [0.29, 0.717) is 0 Å². The average molecular weight is 321 g/mol. The van der Waals surface area contributed by atoms with Crippen molar-refractivity contribution < 1.29 is 4.74 Å². The third-order valence-corrected chi connectivity index (χ3v) is 3.53. The quantitative estimate of drug-likeness (QED) is 0.787. The molecule has 0 N–H and O–H groups in total. The van der Waals surface area contributed by atoms with Crippen LogP contribution in [0.1, 0.15) is 11.1 Å². The number of anilines is 1. The number of halogens is 1. The summed E-state index contributed by atoms with van der Waals surface area (Å²) in [6.07, 6.45) is 1.82. The summed E-state index contributed by atoms with van der Waals surface area (Å²) in [5.74, 6) is 1.88. The van der Waals surface area contributed by atoms with Crippen LogP contribution in [0.25, 0.3) is 0 Å². The molecule has 1 aromatic carbocycles. The molecular weight excluding hydrogens is 304 g/mol. The van der Waals surface area contributed by atoms with Gasteiger partial charge in [0.25, 0.3) is 0 Å². The maximum atomic E-state index is 5.25. The second-order valence-electron chi connectivity index (χ2n) is 4.33. The third kappa shape index (κ3) is 3.47. The first-order valence-corrected chi connectivity index (χ1v) is 7.20. The average Bonchev–Trinajstić information content (AvgIpc) is 2.47. The molecule has 0 unspecified atom stereocenters. The van der Waals surface area contributed by atoms with E-state index in [1.807, 2.05) is 37.5 Å². The second kappa shape index (κ2) is 6.57. The molecule has 2 aromatic rings. The number of aromatic nitrogens is 1. The van der Waals surface area contributed by atoms with Crippen LogP contribution >= 0.6 is 15.9 Å². The number of benzene rings is 1. The van der Waals surface area contributed by atoms with Gasteiger partial charge in [-0.05, 0) is 23.8 Å². The highest BCUT2D eigenvalue weighted by molar-refractivity contribution is 9.08. The molecule has 0 radical (unpaired) electrons. The largest absolute Gasteiger partial charge is 0.497 e. The van der Waals surface area contributed by atoms with Crippen molar-refractivity contribution in [2.45, 2.75) is 11.9 Å². The van der Waals surface area contributed by atoms with Crippen LogP contribution in [-0.2, 0) is 11.9 Å². The fourth-order valence-corrected chi connectivity index (χ4v) is 2.44. The Balaban J connectivity index is 2.18. The van der Waals surface area contributed by atoms with E-state index < -0.39 is 0 Å². The van der Waals surface area contributed by atoms with E-state index in [4.69, 9.17) is 4.74 Å². The van der Waals surface area contributed by atoms with Crippen LogP contribution in [0.3, 0.4) is 0 Å². The Labute approximate surface area is 122 Å². The number of alkyl halides is 1. The summed E-state index contributed by atoms with van der Waals surface area (Å²) in [5.41, 5.74) is 2.39. The minimum absolute atomic E-state index is 0.800. The van der Waals surface area contributed by atoms with Crippen molar-refractivity contribution in [3.63, 3.8) is 0 Å². The second-order valence-corrected chi connectivity index (χ2v) is 4.89. The summed E-state index contributed by atoms with van der Waals surface area (Å²) in [4.78, 5) is 6.60. The first-order valence-electron chi connectivity index (χ1n) is 6.08. The number of methoxy groups -OCH3 is 1. The lowest BCUT2D eigenvalue weighted by Crippen LogP contribution is -2.19. The summed E-state index contributed by atoms with van der Waals surface area (Å²) in [5, 5.41) is 0.804. The normalized spacial score (nSPS) is 10.3. The van der Waals surface area contributed by atoms with Gasteiger partial charge in [0.1, 0.15) is 11.6 Å². The predicted octanol–water partition coefficient (Wildman–Crippen LogP) is 3.62. The first kappa shape index (κ1) is 13.9. The lowest BCUT2D eigenvalue weighted by atomic mass is 10.2. The Morgan fingerprint density at radius 1 is 1.26 bits per heavy atom. The summed E-state index contributed by atoms with van der Waals surface area (Å²) in [7, 11) is 3.73. The minimum atomic E-state index is 0.800. The highest BCUT2D eigenvalue weighted by atomic mass is 79.9. The van der Waals surface area contributed by atoms with Gasteiger partial charge in [0, 0.05) is 30.7 Å². The van der Waals surface area contributed by atoms with Crippen LogP contribution in [0.5, 0.6) is 5.75 Å². The van der Waals surface area contributed by atoms with Crippen LogP contribution in [0.4, 0.5) is 5.82 Å². The van der Waals surface area contributed by atoms with E-state index in [0.717, 1.165) is 23.4 Å². The number of hydrogen-bond donors (Lipinski definition) is 0. The van der Waals surface area contributed by atoms with Crippen LogP contribution in [0.2, 0.25) is 0 Å². The van der Waals surface area contributed by atoms with Crippen LogP contribution in [-0.4, -0.2) is 19.1 Å². The molecule has 0 saturated heterocycles. The monoisotopic (exact) mass is 320 g/mol. The molecule has 0 atom stereocenters. The summed E-state index contributed by atoms with van der Waals surface area (Å²) in [6.45, 7) is 0.800. The Kier molecular flexibility index (Phi) is 4.80. The van der Waals surface area contributed by atoms with E-state index >= 15 is 0 Å². The topological polar surface area (TPSA) is 25.4 Å². The lowest BCUT2D eigenvalue weighted by molar-refractivity contribution is 0.414. The Morgan fingerprint density at radius 2 is 2.11 bits per heavy atom. The van der Waals surface area contributed by atoms with Gasteiger partial charge < -0.3 is 9.64 Å². The summed E-state index contributed by atoms with van der Waals surface area (Å²) >= 11 is 3.50. The van der Waals surface area contributed by atoms with Gasteiger partial charge in [-0.15, -0.1) is 0 Å². The van der Waals surface area contributed by atoms with Crippen LogP contribution < -0.4 is 9.64 Å². The maximum absolute atomic E-state index is 5.25. The van der Waals surface area contributed by atoms with Gasteiger partial charge in [-0.25, -0.2) is 4.98 Å². The van der Waals surface area contributed by atoms with E-state index in [-0.39, 0.29) is 0 Å². The maximum Gasteiger partial charge on any atom is 0.132 e. The molecule has 1 aromatic heterocycles. The van der Waals surface area contributed by atoms with Gasteiger partial charge in [0.2, 0.25) is 0 Å². The van der Waals surface area contributed by atoms with E-state index in [2.05, 4.69) is 37.9 Å². The fraction of sp³-hybridized carbons (Fsp3) is 0.267. The van der Waals surface area contributed by atoms with Crippen molar-refractivity contribution in [3.05, 3.63) is 53.7 Å². The summed E-state index contributed by atoms with van der Waals surface area (Å²) in [6, 6.07) is 12.1. The van der Waals surface area contributed by atoms with E-state index in [1.54, 1.807) is 7.11 Å². The molecule has 100 valence electrons. The zero-order valence-electron chi connectivity index (χ0n) is 11.1. The minimum Gasteiger partial charge on any atom is -0.497 e. The molecular formula is C15H17BrN2O. The Hall–Kier alpha value is -1.55. The molecule has 0 spiro atoms. The van der Waals surface area contributed by atoms with Crippen molar-refractivity contribution in [2.24, 2.45) is 0 Å². The van der Waals surface area contributed by atoms with Gasteiger partial charge in [-0.3, -0.25) is 0 Å². The van der Waals surface area contributed by atoms with Crippen molar-refractivity contribution in [3.8, 4) is 5.75 Å². The molecule has 0 fully saturated rings. The molecule has 0 saturated carbocycles. The van der Waals surface area contributed by atoms with Crippen LogP contribution in [0, 0.1) is 0 Å². The number of ether oxygens (including phenoxy) is 1. The van der Waals surface area contributed by atoms with Crippen molar-refractivity contribution in [2.75, 3.05) is 19.1 Å². The summed E-state index contributed by atoms with van der Waals surface area (Å²) < 4.78 is 5.25. The molecule has 19 heavy (non-hydrogen) atoms. The SMILES string of the molecule is COc1cccc(CN(C)c2ncccc2CBr)c1. The van der Waals surface area contributed by atoms with Crippen molar-refractivity contribution >= 4 is 21.7 Å². The number of nitrogens with zero attached hydrogens (tertiary/aromatic N) is 2. The molecule has 3 nitrogen and oxygen atoms in total. The molecule has 1 heterocycles. The van der Waals surface area contributed by atoms with Gasteiger partial charge >= 0.3 is 0 Å². The first-order chi connectivity index (χ1) is 9.24. The van der Waals surface area contributed by atoms with Gasteiger partial charge in [-0.2, -0.15) is 0 Å². The molecule has 4 heteroatoms. The zero-order valence-corrected chi connectivity index (χ0v) is 12.7. The molecule has 0 aliphatic rings. The lowest BCUT2D eigenvalue weighted by Gasteiger charge is -2.20. The standard InChI is InChI=1S/C15H17BrN2O/c1-18(15-13(10-16)6-4-8-17-15)11-12-5-3-7-14(9-12)19-2/h3-9H,10-11H2,1-2H3. The highest BCUT2D eigenvalue weighted by Crippen LogP contribution is 2.21. The number of pyridine rings is 1. The van der Waals surface area contributed by atoms with Crippen molar-refractivity contribution in [1.82, 2.24) is 4.98 Å². The van der Waals surface area contributed by atoms with Crippen LogP contribution in [0.15, 0.2) is 42.6 Å². The Morgan fingerprint density at radius 3 is 2.84 bits per heavy atom.